The second-order valence-corrected chi connectivity index (χ2v) is 5.52. The fourth-order valence-corrected chi connectivity index (χ4v) is 2.45. The Morgan fingerprint density at radius 3 is 1.79 bits per heavy atom. The summed E-state index contributed by atoms with van der Waals surface area (Å²) in [4.78, 5) is 4.79. The molecular formula is C22H20N2. The van der Waals surface area contributed by atoms with Gasteiger partial charge in [-0.3, -0.25) is 4.99 Å². The van der Waals surface area contributed by atoms with Crippen LogP contribution >= 0.6 is 0 Å². The molecular weight excluding hydrogens is 292 g/mol. The van der Waals surface area contributed by atoms with Crippen molar-refractivity contribution in [3.63, 3.8) is 0 Å². The van der Waals surface area contributed by atoms with Crippen LogP contribution in [-0.2, 0) is 6.54 Å². The average molecular weight is 312 g/mol. The Hall–Kier alpha value is -3.13. The van der Waals surface area contributed by atoms with E-state index in [1.54, 1.807) is 0 Å². The summed E-state index contributed by atoms with van der Waals surface area (Å²) < 4.78 is 0. The number of nitrogens with zero attached hydrogens (tertiary/aromatic N) is 1. The van der Waals surface area contributed by atoms with Crippen LogP contribution in [-0.4, -0.2) is 5.71 Å². The van der Waals surface area contributed by atoms with Gasteiger partial charge in [-0.25, -0.2) is 0 Å². The lowest BCUT2D eigenvalue weighted by molar-refractivity contribution is 1.07. The van der Waals surface area contributed by atoms with Crippen LogP contribution in [0.4, 0.5) is 0 Å². The molecule has 0 aliphatic rings. The number of nitrogens with two attached hydrogens (primary N) is 1. The minimum atomic E-state index is 0.629. The number of allylic oxidation sites excluding steroid dienone is 1. The van der Waals surface area contributed by atoms with Crippen molar-refractivity contribution >= 4 is 11.4 Å². The lowest BCUT2D eigenvalue weighted by atomic mass is 10.1. The largest absolute Gasteiger partial charge is 0.398 e. The summed E-state index contributed by atoms with van der Waals surface area (Å²) in [5.74, 6) is 0. The van der Waals surface area contributed by atoms with Gasteiger partial charge in [-0.15, -0.1) is 0 Å². The summed E-state index contributed by atoms with van der Waals surface area (Å²) in [7, 11) is 0. The van der Waals surface area contributed by atoms with Crippen molar-refractivity contribution in [2.24, 2.45) is 10.7 Å². The van der Waals surface area contributed by atoms with Crippen molar-refractivity contribution in [1.82, 2.24) is 0 Å². The highest BCUT2D eigenvalue weighted by molar-refractivity contribution is 6.12. The molecule has 0 amide bonds. The first-order valence-corrected chi connectivity index (χ1v) is 7.99. The van der Waals surface area contributed by atoms with Crippen molar-refractivity contribution in [2.75, 3.05) is 0 Å². The standard InChI is InChI=1S/C22H20N2/c23-21(19-12-6-2-7-13-19)16-22(20-14-8-3-9-15-20)24-17-18-10-4-1-5-11-18/h1-16H,17,23H2/b21-16-,24-22?. The van der Waals surface area contributed by atoms with Gasteiger partial charge in [0, 0.05) is 5.70 Å². The fourth-order valence-electron chi connectivity index (χ4n) is 2.45. The highest BCUT2D eigenvalue weighted by atomic mass is 14.7. The molecule has 0 aromatic heterocycles. The first kappa shape index (κ1) is 15.8. The third-order valence-corrected chi connectivity index (χ3v) is 3.74. The van der Waals surface area contributed by atoms with Crippen molar-refractivity contribution < 1.29 is 0 Å². The molecule has 118 valence electrons. The molecule has 3 aromatic carbocycles. The van der Waals surface area contributed by atoms with Crippen molar-refractivity contribution in [3.05, 3.63) is 114 Å². The summed E-state index contributed by atoms with van der Waals surface area (Å²) >= 11 is 0. The molecule has 0 bridgehead atoms. The third-order valence-electron chi connectivity index (χ3n) is 3.74. The second-order valence-electron chi connectivity index (χ2n) is 5.52. The van der Waals surface area contributed by atoms with Gasteiger partial charge in [0.2, 0.25) is 0 Å². The monoisotopic (exact) mass is 312 g/mol. The number of benzene rings is 3. The topological polar surface area (TPSA) is 38.4 Å². The van der Waals surface area contributed by atoms with E-state index in [4.69, 9.17) is 10.7 Å². The average Bonchev–Trinajstić information content (AvgIpc) is 2.67. The van der Waals surface area contributed by atoms with E-state index in [0.717, 1.165) is 16.8 Å². The van der Waals surface area contributed by atoms with Crippen LogP contribution in [0.15, 0.2) is 102 Å². The Kier molecular flexibility index (Phi) is 5.21. The minimum absolute atomic E-state index is 0.629. The van der Waals surface area contributed by atoms with Crippen molar-refractivity contribution in [1.29, 1.82) is 0 Å². The predicted molar refractivity (Wildman–Crippen MR) is 102 cm³/mol. The Bertz CT molecular complexity index is 820. The van der Waals surface area contributed by atoms with E-state index < -0.39 is 0 Å². The van der Waals surface area contributed by atoms with Crippen LogP contribution in [0.3, 0.4) is 0 Å². The van der Waals surface area contributed by atoms with Crippen LogP contribution in [0.5, 0.6) is 0 Å². The van der Waals surface area contributed by atoms with E-state index in [1.807, 2.05) is 72.8 Å². The predicted octanol–water partition coefficient (Wildman–Crippen LogP) is 4.68. The van der Waals surface area contributed by atoms with Gasteiger partial charge >= 0.3 is 0 Å². The minimum Gasteiger partial charge on any atom is -0.398 e. The lowest BCUT2D eigenvalue weighted by Gasteiger charge is -2.06. The molecule has 3 rings (SSSR count). The van der Waals surface area contributed by atoms with Crippen molar-refractivity contribution in [2.45, 2.75) is 6.54 Å². The first-order chi connectivity index (χ1) is 11.8. The normalized spacial score (nSPS) is 12.2. The molecule has 3 aromatic rings. The number of aliphatic imine (C=N–C) groups is 1. The first-order valence-electron chi connectivity index (χ1n) is 7.99. The maximum absolute atomic E-state index is 6.28. The molecule has 0 aliphatic heterocycles. The summed E-state index contributed by atoms with van der Waals surface area (Å²) in [6.07, 6.45) is 1.95. The maximum atomic E-state index is 6.28. The highest BCUT2D eigenvalue weighted by Crippen LogP contribution is 2.12. The molecule has 2 N–H and O–H groups in total. The molecule has 0 radical (unpaired) electrons. The molecule has 0 spiro atoms. The van der Waals surface area contributed by atoms with Crippen LogP contribution in [0, 0.1) is 0 Å². The molecule has 0 saturated heterocycles. The van der Waals surface area contributed by atoms with Gasteiger partial charge in [-0.2, -0.15) is 0 Å². The maximum Gasteiger partial charge on any atom is 0.0671 e. The quantitative estimate of drug-likeness (QED) is 0.683. The van der Waals surface area contributed by atoms with Gasteiger partial charge in [-0.05, 0) is 22.8 Å². The van der Waals surface area contributed by atoms with E-state index in [0.29, 0.717) is 12.2 Å². The Morgan fingerprint density at radius 1 is 0.708 bits per heavy atom. The van der Waals surface area contributed by atoms with Gasteiger partial charge in [-0.1, -0.05) is 91.0 Å². The van der Waals surface area contributed by atoms with Gasteiger partial charge in [0.1, 0.15) is 0 Å². The zero-order valence-electron chi connectivity index (χ0n) is 13.5. The highest BCUT2D eigenvalue weighted by Gasteiger charge is 2.03. The van der Waals surface area contributed by atoms with Crippen LogP contribution in [0.2, 0.25) is 0 Å². The van der Waals surface area contributed by atoms with Gasteiger partial charge < -0.3 is 5.73 Å². The summed E-state index contributed by atoms with van der Waals surface area (Å²) in [6.45, 7) is 0.629. The van der Waals surface area contributed by atoms with Crippen LogP contribution < -0.4 is 5.73 Å². The van der Waals surface area contributed by atoms with E-state index in [1.165, 1.54) is 5.56 Å². The van der Waals surface area contributed by atoms with Gasteiger partial charge in [0.15, 0.2) is 0 Å². The Balaban J connectivity index is 1.94. The molecule has 0 saturated carbocycles. The van der Waals surface area contributed by atoms with E-state index in [9.17, 15) is 0 Å². The number of rotatable bonds is 5. The Labute approximate surface area is 143 Å². The van der Waals surface area contributed by atoms with E-state index in [-0.39, 0.29) is 0 Å². The van der Waals surface area contributed by atoms with Crippen LogP contribution in [0.1, 0.15) is 16.7 Å². The zero-order chi connectivity index (χ0) is 16.6. The van der Waals surface area contributed by atoms with Gasteiger partial charge in [0.25, 0.3) is 0 Å². The molecule has 0 aliphatic carbocycles. The second kappa shape index (κ2) is 7.93. The van der Waals surface area contributed by atoms with Crippen molar-refractivity contribution in [3.8, 4) is 0 Å². The molecule has 2 heteroatoms. The van der Waals surface area contributed by atoms with E-state index in [2.05, 4.69) is 24.3 Å². The van der Waals surface area contributed by atoms with E-state index >= 15 is 0 Å². The van der Waals surface area contributed by atoms with Crippen LogP contribution in [0.25, 0.3) is 5.70 Å². The third kappa shape index (κ3) is 4.20. The Morgan fingerprint density at radius 2 is 1.21 bits per heavy atom. The van der Waals surface area contributed by atoms with Gasteiger partial charge in [0.05, 0.1) is 12.3 Å². The molecule has 24 heavy (non-hydrogen) atoms. The summed E-state index contributed by atoms with van der Waals surface area (Å²) in [5.41, 5.74) is 11.1. The smallest absolute Gasteiger partial charge is 0.0671 e. The molecule has 0 fully saturated rings. The summed E-state index contributed by atoms with van der Waals surface area (Å²) in [5, 5.41) is 0. The molecule has 0 unspecified atom stereocenters. The molecule has 2 nitrogen and oxygen atoms in total. The SMILES string of the molecule is N/C(=C\C(=NCc1ccccc1)c1ccccc1)c1ccccc1. The number of hydrogen-bond donors (Lipinski definition) is 1. The zero-order valence-corrected chi connectivity index (χ0v) is 13.5. The molecule has 0 heterocycles. The lowest BCUT2D eigenvalue weighted by Crippen LogP contribution is -2.04. The molecule has 0 atom stereocenters. The number of hydrogen-bond acceptors (Lipinski definition) is 2. The summed E-state index contributed by atoms with van der Waals surface area (Å²) in [6, 6.07) is 30.3. The fraction of sp³-hybridized carbons (Fsp3) is 0.0455.